The van der Waals surface area contributed by atoms with Crippen molar-refractivity contribution in [3.63, 3.8) is 0 Å². The molecule has 1 heterocycles. The van der Waals surface area contributed by atoms with Gasteiger partial charge in [-0.1, -0.05) is 6.07 Å². The molecule has 2 atom stereocenters. The average molecular weight is 232 g/mol. The van der Waals surface area contributed by atoms with Crippen LogP contribution in [0.15, 0.2) is 17.0 Å². The Bertz CT molecular complexity index is 448. The molecule has 0 saturated carbocycles. The Morgan fingerprint density at radius 3 is 2.88 bits per heavy atom. The standard InChI is InChI=1S/C13H16N2S/c1-8-6-9(2)13-11(7-8)15-10(3)12(16-13)4-5-14/h6-7,10,12,15H,4H2,1-3H3. The van der Waals surface area contributed by atoms with Gasteiger partial charge in [-0.2, -0.15) is 5.26 Å². The molecule has 0 aromatic heterocycles. The number of anilines is 1. The number of thioether (sulfide) groups is 1. The molecule has 2 nitrogen and oxygen atoms in total. The smallest absolute Gasteiger partial charge is 0.0634 e. The molecule has 1 aromatic rings. The fraction of sp³-hybridized carbons (Fsp3) is 0.462. The third-order valence-electron chi connectivity index (χ3n) is 2.92. The van der Waals surface area contributed by atoms with Crippen LogP contribution in [0, 0.1) is 25.2 Å². The summed E-state index contributed by atoms with van der Waals surface area (Å²) in [4.78, 5) is 1.31. The van der Waals surface area contributed by atoms with Crippen LogP contribution in [-0.4, -0.2) is 11.3 Å². The zero-order valence-electron chi connectivity index (χ0n) is 9.87. The van der Waals surface area contributed by atoms with E-state index in [0.717, 1.165) is 0 Å². The van der Waals surface area contributed by atoms with Gasteiger partial charge in [0.25, 0.3) is 0 Å². The van der Waals surface area contributed by atoms with Gasteiger partial charge in [-0.05, 0) is 38.0 Å². The van der Waals surface area contributed by atoms with E-state index in [1.807, 2.05) is 11.8 Å². The number of fused-ring (bicyclic) bond motifs is 1. The summed E-state index contributed by atoms with van der Waals surface area (Å²) in [6, 6.07) is 7.02. The van der Waals surface area contributed by atoms with Crippen molar-refractivity contribution in [2.45, 2.75) is 43.4 Å². The van der Waals surface area contributed by atoms with Crippen LogP contribution in [0.3, 0.4) is 0 Å². The maximum absolute atomic E-state index is 8.81. The monoisotopic (exact) mass is 232 g/mol. The molecule has 0 bridgehead atoms. The molecule has 2 unspecified atom stereocenters. The van der Waals surface area contributed by atoms with E-state index in [1.54, 1.807) is 0 Å². The molecule has 0 amide bonds. The maximum Gasteiger partial charge on any atom is 0.0634 e. The summed E-state index contributed by atoms with van der Waals surface area (Å²) in [5.41, 5.74) is 3.82. The lowest BCUT2D eigenvalue weighted by Gasteiger charge is -2.31. The van der Waals surface area contributed by atoms with Gasteiger partial charge in [0.1, 0.15) is 0 Å². The largest absolute Gasteiger partial charge is 0.381 e. The lowest BCUT2D eigenvalue weighted by molar-refractivity contribution is 0.728. The minimum absolute atomic E-state index is 0.360. The van der Waals surface area contributed by atoms with Gasteiger partial charge in [0.15, 0.2) is 0 Å². The van der Waals surface area contributed by atoms with Crippen molar-refractivity contribution in [1.29, 1.82) is 5.26 Å². The summed E-state index contributed by atoms with van der Waals surface area (Å²) in [6.07, 6.45) is 0.603. The Balaban J connectivity index is 2.36. The summed E-state index contributed by atoms with van der Waals surface area (Å²) in [7, 11) is 0. The fourth-order valence-electron chi connectivity index (χ4n) is 2.12. The Morgan fingerprint density at radius 1 is 1.44 bits per heavy atom. The summed E-state index contributed by atoms with van der Waals surface area (Å²) in [6.45, 7) is 6.40. The first-order valence-electron chi connectivity index (χ1n) is 5.53. The van der Waals surface area contributed by atoms with Crippen molar-refractivity contribution in [3.8, 4) is 6.07 Å². The van der Waals surface area contributed by atoms with Gasteiger partial charge in [0.2, 0.25) is 0 Å². The van der Waals surface area contributed by atoms with E-state index in [9.17, 15) is 0 Å². The number of aryl methyl sites for hydroxylation is 2. The normalized spacial score (nSPS) is 23.1. The van der Waals surface area contributed by atoms with Crippen LogP contribution in [0.5, 0.6) is 0 Å². The van der Waals surface area contributed by atoms with E-state index >= 15 is 0 Å². The third-order valence-corrected chi connectivity index (χ3v) is 4.58. The second-order valence-corrected chi connectivity index (χ2v) is 5.66. The first kappa shape index (κ1) is 11.3. The maximum atomic E-state index is 8.81. The van der Waals surface area contributed by atoms with Crippen molar-refractivity contribution in [2.75, 3.05) is 5.32 Å². The number of nitriles is 1. The third kappa shape index (κ3) is 2.03. The molecule has 1 aliphatic heterocycles. The Kier molecular flexibility index (Phi) is 3.11. The summed E-state index contributed by atoms with van der Waals surface area (Å²) in [5, 5.41) is 12.7. The quantitative estimate of drug-likeness (QED) is 0.805. The van der Waals surface area contributed by atoms with Crippen molar-refractivity contribution in [1.82, 2.24) is 0 Å². The van der Waals surface area contributed by atoms with E-state index in [0.29, 0.717) is 17.7 Å². The van der Waals surface area contributed by atoms with Gasteiger partial charge >= 0.3 is 0 Å². The highest BCUT2D eigenvalue weighted by atomic mass is 32.2. The number of hydrogen-bond donors (Lipinski definition) is 1. The summed E-state index contributed by atoms with van der Waals surface area (Å²) in [5.74, 6) is 0. The van der Waals surface area contributed by atoms with E-state index in [2.05, 4.69) is 44.3 Å². The molecule has 0 saturated heterocycles. The van der Waals surface area contributed by atoms with Crippen LogP contribution in [0.1, 0.15) is 24.5 Å². The topological polar surface area (TPSA) is 35.8 Å². The molecule has 0 fully saturated rings. The zero-order valence-corrected chi connectivity index (χ0v) is 10.7. The van der Waals surface area contributed by atoms with Crippen LogP contribution in [0.4, 0.5) is 5.69 Å². The number of benzene rings is 1. The van der Waals surface area contributed by atoms with Crippen LogP contribution >= 0.6 is 11.8 Å². The SMILES string of the molecule is Cc1cc(C)c2c(c1)NC(C)C(CC#N)S2. The molecule has 2 rings (SSSR count). The molecule has 1 N–H and O–H groups in total. The number of nitrogens with one attached hydrogen (secondary N) is 1. The van der Waals surface area contributed by atoms with Crippen molar-refractivity contribution in [2.24, 2.45) is 0 Å². The fourth-order valence-corrected chi connectivity index (χ4v) is 3.34. The van der Waals surface area contributed by atoms with Crippen LogP contribution in [0.2, 0.25) is 0 Å². The molecule has 0 radical (unpaired) electrons. The van der Waals surface area contributed by atoms with E-state index in [1.165, 1.54) is 21.7 Å². The summed E-state index contributed by atoms with van der Waals surface area (Å²) < 4.78 is 0. The minimum Gasteiger partial charge on any atom is -0.381 e. The Labute approximate surface area is 101 Å². The lowest BCUT2D eigenvalue weighted by atomic mass is 10.1. The second kappa shape index (κ2) is 4.39. The molecule has 1 aromatic carbocycles. The van der Waals surface area contributed by atoms with Gasteiger partial charge in [-0.3, -0.25) is 0 Å². The van der Waals surface area contributed by atoms with E-state index < -0.39 is 0 Å². The predicted molar refractivity (Wildman–Crippen MR) is 68.9 cm³/mol. The first-order valence-corrected chi connectivity index (χ1v) is 6.41. The minimum atomic E-state index is 0.360. The molecule has 1 aliphatic rings. The van der Waals surface area contributed by atoms with Crippen LogP contribution in [-0.2, 0) is 0 Å². The van der Waals surface area contributed by atoms with Gasteiger partial charge < -0.3 is 5.32 Å². The van der Waals surface area contributed by atoms with E-state index in [-0.39, 0.29) is 0 Å². The second-order valence-electron chi connectivity index (χ2n) is 4.41. The van der Waals surface area contributed by atoms with Crippen LogP contribution in [0.25, 0.3) is 0 Å². The van der Waals surface area contributed by atoms with Gasteiger partial charge in [-0.15, -0.1) is 11.8 Å². The molecular formula is C13H16N2S. The number of rotatable bonds is 1. The number of hydrogen-bond acceptors (Lipinski definition) is 3. The first-order chi connectivity index (χ1) is 7.61. The van der Waals surface area contributed by atoms with Crippen molar-refractivity contribution >= 4 is 17.4 Å². The van der Waals surface area contributed by atoms with Gasteiger partial charge in [0, 0.05) is 28.3 Å². The Morgan fingerprint density at radius 2 is 2.19 bits per heavy atom. The molecule has 0 spiro atoms. The van der Waals surface area contributed by atoms with Crippen LogP contribution < -0.4 is 5.32 Å². The highest BCUT2D eigenvalue weighted by Gasteiger charge is 2.26. The highest BCUT2D eigenvalue weighted by Crippen LogP contribution is 2.41. The average Bonchev–Trinajstić information content (AvgIpc) is 2.20. The zero-order chi connectivity index (χ0) is 11.7. The highest BCUT2D eigenvalue weighted by molar-refractivity contribution is 8.00. The summed E-state index contributed by atoms with van der Waals surface area (Å²) >= 11 is 1.84. The van der Waals surface area contributed by atoms with E-state index in [4.69, 9.17) is 5.26 Å². The molecule has 0 aliphatic carbocycles. The van der Waals surface area contributed by atoms with Gasteiger partial charge in [-0.25, -0.2) is 0 Å². The number of nitrogens with zero attached hydrogens (tertiary/aromatic N) is 1. The molecule has 84 valence electrons. The molecular weight excluding hydrogens is 216 g/mol. The lowest BCUT2D eigenvalue weighted by Crippen LogP contribution is -2.31. The molecule has 16 heavy (non-hydrogen) atoms. The predicted octanol–water partition coefficient (Wildman–Crippen LogP) is 3.49. The van der Waals surface area contributed by atoms with Crippen molar-refractivity contribution < 1.29 is 0 Å². The van der Waals surface area contributed by atoms with Crippen molar-refractivity contribution in [3.05, 3.63) is 23.3 Å². The Hall–Kier alpha value is -1.14. The molecule has 3 heteroatoms. The van der Waals surface area contributed by atoms with Gasteiger partial charge in [0.05, 0.1) is 6.07 Å².